The number of aromatic nitrogens is 6. The van der Waals surface area contributed by atoms with Gasteiger partial charge in [-0.2, -0.15) is 10.1 Å². The smallest absolute Gasteiger partial charge is 0.229 e. The van der Waals surface area contributed by atoms with Gasteiger partial charge in [0.25, 0.3) is 0 Å². The second-order valence-corrected chi connectivity index (χ2v) is 16.3. The van der Waals surface area contributed by atoms with Gasteiger partial charge >= 0.3 is 0 Å². The van der Waals surface area contributed by atoms with Gasteiger partial charge in [0.2, 0.25) is 5.95 Å². The van der Waals surface area contributed by atoms with Crippen LogP contribution in [-0.4, -0.2) is 101 Å². The highest BCUT2D eigenvalue weighted by Crippen LogP contribution is 2.41. The molecule has 12 nitrogen and oxygen atoms in total. The number of hydrogen-bond acceptors (Lipinski definition) is 11. The number of nitrogens with zero attached hydrogens (tertiary/aromatic N) is 8. The molecule has 7 rings (SSSR count). The average Bonchev–Trinajstić information content (AvgIpc) is 3.58. The lowest BCUT2D eigenvalue weighted by Gasteiger charge is -2.38. The summed E-state index contributed by atoms with van der Waals surface area (Å²) in [6, 6.07) is 8.31. The van der Waals surface area contributed by atoms with E-state index in [0.717, 1.165) is 99.9 Å². The van der Waals surface area contributed by atoms with E-state index in [1.165, 1.54) is 25.8 Å². The lowest BCUT2D eigenvalue weighted by atomic mass is 9.94. The molecule has 0 saturated carbocycles. The number of nitrogens with one attached hydrogen (secondary N) is 3. The number of rotatable bonds is 11. The fourth-order valence-corrected chi connectivity index (χ4v) is 8.47. The molecule has 14 heteroatoms. The second-order valence-electron chi connectivity index (χ2n) is 13.2. The van der Waals surface area contributed by atoms with E-state index in [1.807, 2.05) is 30.1 Å². The summed E-state index contributed by atoms with van der Waals surface area (Å²) < 4.78 is 8.58. The van der Waals surface area contributed by atoms with Crippen LogP contribution in [0.15, 0.2) is 59.7 Å². The van der Waals surface area contributed by atoms with E-state index in [9.17, 15) is 0 Å². The van der Waals surface area contributed by atoms with Crippen LogP contribution in [0.3, 0.4) is 0 Å². The monoisotopic (exact) mass is 757 g/mol. The van der Waals surface area contributed by atoms with Gasteiger partial charge in [-0.25, -0.2) is 4.98 Å². The molecule has 0 amide bonds. The molecule has 0 bridgehead atoms. The maximum atomic E-state index is 5.99. The minimum atomic E-state index is -0.488. The summed E-state index contributed by atoms with van der Waals surface area (Å²) in [6.07, 6.45) is 13.1. The largest absolute Gasteiger partial charge is 0.494 e. The van der Waals surface area contributed by atoms with Crippen LogP contribution in [0.2, 0.25) is 0 Å². The second kappa shape index (κ2) is 15.6. The third-order valence-electron chi connectivity index (χ3n) is 9.66. The van der Waals surface area contributed by atoms with Gasteiger partial charge in [0.05, 0.1) is 34.5 Å². The lowest BCUT2D eigenvalue weighted by molar-refractivity contribution is 0.224. The topological polar surface area (TPSA) is 121 Å². The number of anilines is 5. The van der Waals surface area contributed by atoms with Crippen LogP contribution < -0.4 is 30.9 Å². The van der Waals surface area contributed by atoms with Crippen LogP contribution in [0, 0.1) is 5.92 Å². The first-order chi connectivity index (χ1) is 24.4. The Kier molecular flexibility index (Phi) is 10.7. The number of piperazine rings is 1. The van der Waals surface area contributed by atoms with Gasteiger partial charge in [-0.15, -0.1) is 0 Å². The number of piperidine rings is 1. The Morgan fingerprint density at radius 2 is 1.78 bits per heavy atom. The van der Waals surface area contributed by atoms with E-state index in [-0.39, 0.29) is 0 Å². The van der Waals surface area contributed by atoms with Gasteiger partial charge < -0.3 is 25.6 Å². The molecule has 0 atom stereocenters. The Morgan fingerprint density at radius 1 is 0.980 bits per heavy atom. The molecule has 0 spiro atoms. The minimum Gasteiger partial charge on any atom is -0.494 e. The van der Waals surface area contributed by atoms with E-state index < -0.39 is 7.92 Å². The van der Waals surface area contributed by atoms with Crippen molar-refractivity contribution in [3.8, 4) is 16.9 Å². The molecule has 50 heavy (non-hydrogen) atoms. The number of halogens is 1. The Bertz CT molecular complexity index is 1940. The zero-order chi connectivity index (χ0) is 34.6. The first kappa shape index (κ1) is 34.5. The highest BCUT2D eigenvalue weighted by Gasteiger charge is 2.24. The maximum absolute atomic E-state index is 5.99. The minimum absolute atomic E-state index is 0.443. The Labute approximate surface area is 303 Å². The fraction of sp³-hybridized carbons (Fsp3) is 0.417. The zero-order valence-electron chi connectivity index (χ0n) is 29.2. The number of benzene rings is 2. The van der Waals surface area contributed by atoms with Gasteiger partial charge in [0.15, 0.2) is 0 Å². The van der Waals surface area contributed by atoms with Gasteiger partial charge in [0, 0.05) is 91.9 Å². The number of aryl methyl sites for hydroxylation is 1. The maximum Gasteiger partial charge on any atom is 0.229 e. The number of fused-ring (bicyclic) bond motifs is 1. The molecule has 3 N–H and O–H groups in total. The van der Waals surface area contributed by atoms with Crippen molar-refractivity contribution in [2.24, 2.45) is 13.0 Å². The summed E-state index contributed by atoms with van der Waals surface area (Å²) in [5, 5.41) is 16.1. The van der Waals surface area contributed by atoms with E-state index in [4.69, 9.17) is 9.72 Å². The molecule has 262 valence electrons. The van der Waals surface area contributed by atoms with Gasteiger partial charge in [-0.1, -0.05) is 7.92 Å². The summed E-state index contributed by atoms with van der Waals surface area (Å²) in [7, 11) is 3.17. The van der Waals surface area contributed by atoms with Crippen molar-refractivity contribution in [3.05, 3.63) is 59.7 Å². The zero-order valence-corrected chi connectivity index (χ0v) is 31.6. The molecule has 2 aromatic carbocycles. The van der Waals surface area contributed by atoms with Gasteiger partial charge in [0.1, 0.15) is 11.6 Å². The lowest BCUT2D eigenvalue weighted by Crippen LogP contribution is -2.47. The van der Waals surface area contributed by atoms with Crippen molar-refractivity contribution in [3.63, 3.8) is 0 Å². The van der Waals surface area contributed by atoms with Gasteiger partial charge in [-0.3, -0.25) is 19.5 Å². The number of methoxy groups -OCH3 is 1. The van der Waals surface area contributed by atoms with E-state index in [0.29, 0.717) is 11.8 Å². The number of ether oxygens (including phenoxy) is 1. The molecule has 5 heterocycles. The Morgan fingerprint density at radius 3 is 2.52 bits per heavy atom. The molecule has 5 aromatic rings. The van der Waals surface area contributed by atoms with E-state index in [2.05, 4.69) is 93.4 Å². The molecule has 3 aromatic heterocycles. The van der Waals surface area contributed by atoms with Crippen LogP contribution in [-0.2, 0) is 7.05 Å². The highest BCUT2D eigenvalue weighted by molar-refractivity contribution is 9.10. The van der Waals surface area contributed by atoms with E-state index >= 15 is 0 Å². The summed E-state index contributed by atoms with van der Waals surface area (Å²) in [5.74, 6) is 2.66. The molecule has 0 aliphatic carbocycles. The molecule has 2 aliphatic heterocycles. The summed E-state index contributed by atoms with van der Waals surface area (Å²) >= 11 is 3.66. The Hall–Kier alpha value is -3.90. The van der Waals surface area contributed by atoms with Crippen LogP contribution >= 0.6 is 23.9 Å². The van der Waals surface area contributed by atoms with Crippen molar-refractivity contribution in [2.75, 3.05) is 81.8 Å². The first-order valence-electron chi connectivity index (χ1n) is 17.2. The van der Waals surface area contributed by atoms with Crippen LogP contribution in [0.5, 0.6) is 5.75 Å². The first-order valence-corrected chi connectivity index (χ1v) is 20.3. The third-order valence-corrected chi connectivity index (χ3v) is 11.6. The molecule has 2 fully saturated rings. The van der Waals surface area contributed by atoms with Crippen molar-refractivity contribution in [1.82, 2.24) is 39.9 Å². The standard InChI is InChI=1S/C36H45BrN11OP/c1-46-23-25(21-42-46)26-19-30(32(49-2)20-31(26)48-17-15-47(16-18-48)14-9-24-7-10-38-11-8-24)44-36-41-22-27(37)35(45-36)43-29-6-5-28-33(34(29)50(3)4)40-13-12-39-28/h5-6,12-13,19-24,38H,7-11,14-18H2,1-4H3,(H2,41,43,44,45). The highest BCUT2D eigenvalue weighted by atomic mass is 79.9. The predicted octanol–water partition coefficient (Wildman–Crippen LogP) is 5.96. The Balaban J connectivity index is 1.14. The molecular formula is C36H45BrN11OP. The molecule has 0 unspecified atom stereocenters. The van der Waals surface area contributed by atoms with Gasteiger partial charge in [-0.05, 0) is 92.3 Å². The van der Waals surface area contributed by atoms with E-state index in [1.54, 1.807) is 25.7 Å². The third kappa shape index (κ3) is 7.71. The normalized spacial score (nSPS) is 15.9. The molecule has 0 radical (unpaired) electrons. The van der Waals surface area contributed by atoms with Crippen LogP contribution in [0.4, 0.5) is 28.8 Å². The van der Waals surface area contributed by atoms with Crippen molar-refractivity contribution in [1.29, 1.82) is 0 Å². The average molecular weight is 759 g/mol. The van der Waals surface area contributed by atoms with Crippen molar-refractivity contribution < 1.29 is 4.74 Å². The fourth-order valence-electron chi connectivity index (χ4n) is 6.98. The SMILES string of the molecule is COc1cc(N2CCN(CCC3CCNCC3)CC2)c(-c2cnn(C)c2)cc1Nc1ncc(Br)c(Nc2ccc3nccnc3c2P(C)C)n1. The summed E-state index contributed by atoms with van der Waals surface area (Å²) in [4.78, 5) is 23.8. The molecule has 2 saturated heterocycles. The molecular weight excluding hydrogens is 713 g/mol. The summed E-state index contributed by atoms with van der Waals surface area (Å²) in [6.45, 7) is 12.0. The van der Waals surface area contributed by atoms with Crippen molar-refractivity contribution in [2.45, 2.75) is 19.3 Å². The van der Waals surface area contributed by atoms with Crippen molar-refractivity contribution >= 4 is 69.0 Å². The predicted molar refractivity (Wildman–Crippen MR) is 208 cm³/mol. The number of hydrogen-bond donors (Lipinski definition) is 3. The quantitative estimate of drug-likeness (QED) is 0.139. The van der Waals surface area contributed by atoms with Crippen LogP contribution in [0.25, 0.3) is 22.2 Å². The molecule has 2 aliphatic rings. The van der Waals surface area contributed by atoms with Crippen LogP contribution in [0.1, 0.15) is 19.3 Å². The summed E-state index contributed by atoms with van der Waals surface area (Å²) in [5.41, 5.74) is 6.78.